The Balaban J connectivity index is 3.98. The summed E-state index contributed by atoms with van der Waals surface area (Å²) in [4.78, 5) is 23.1. The molecule has 0 spiro atoms. The predicted molar refractivity (Wildman–Crippen MR) is 294 cm³/mol. The molecule has 9 heteroatoms. The maximum Gasteiger partial charge on any atom is 0.472 e. The molecule has 0 rings (SSSR count). The lowest BCUT2D eigenvalue weighted by Crippen LogP contribution is -2.37. The zero-order chi connectivity index (χ0) is 49.8. The first-order valence-corrected chi connectivity index (χ1v) is 31.8. The molecule has 0 saturated heterocycles. The van der Waals surface area contributed by atoms with Crippen LogP contribution in [0.5, 0.6) is 0 Å². The van der Waals surface area contributed by atoms with Crippen molar-refractivity contribution in [2.24, 2.45) is 0 Å². The van der Waals surface area contributed by atoms with E-state index in [1.165, 1.54) is 263 Å². The number of quaternary nitrogens is 1. The molecule has 0 aliphatic heterocycles. The molecule has 0 radical (unpaired) electrons. The summed E-state index contributed by atoms with van der Waals surface area (Å²) in [7, 11) is 1.70. The van der Waals surface area contributed by atoms with Gasteiger partial charge in [-0.2, -0.15) is 0 Å². The molecule has 0 saturated carbocycles. The van der Waals surface area contributed by atoms with Gasteiger partial charge in [-0.3, -0.25) is 13.8 Å². The molecule has 2 unspecified atom stereocenters. The second-order valence-electron chi connectivity index (χ2n) is 22.1. The number of rotatable bonds is 58. The molecule has 0 aromatic carbocycles. The van der Waals surface area contributed by atoms with Crippen LogP contribution in [-0.4, -0.2) is 75.6 Å². The highest BCUT2D eigenvalue weighted by Crippen LogP contribution is 2.43. The standard InChI is InChI=1S/C59H120NO7P/c1-6-8-10-12-14-16-18-20-22-24-26-28-30-31-32-34-36-38-40-42-44-46-48-50-52-59(61)67-58(57-66-68(62,63)65-55-53-60(3,4)5)56-64-54-51-49-47-45-43-41-39-37-35-33-29-27-25-23-21-19-17-15-13-11-9-7-2/h58H,6-57H2,1-5H3/p+1. The van der Waals surface area contributed by atoms with Crippen LogP contribution in [0.3, 0.4) is 0 Å². The van der Waals surface area contributed by atoms with Crippen LogP contribution < -0.4 is 0 Å². The molecule has 68 heavy (non-hydrogen) atoms. The Morgan fingerprint density at radius 1 is 0.397 bits per heavy atom. The van der Waals surface area contributed by atoms with Gasteiger partial charge in [-0.15, -0.1) is 0 Å². The van der Waals surface area contributed by atoms with E-state index in [2.05, 4.69) is 13.8 Å². The average Bonchev–Trinajstić information content (AvgIpc) is 3.30. The number of phosphoric ester groups is 1. The topological polar surface area (TPSA) is 91.3 Å². The zero-order valence-electron chi connectivity index (χ0n) is 46.6. The Morgan fingerprint density at radius 3 is 0.971 bits per heavy atom. The molecule has 0 aromatic heterocycles. The van der Waals surface area contributed by atoms with Gasteiger partial charge in [0, 0.05) is 13.0 Å². The van der Waals surface area contributed by atoms with Crippen LogP contribution in [0.25, 0.3) is 0 Å². The largest absolute Gasteiger partial charge is 0.472 e. The van der Waals surface area contributed by atoms with E-state index < -0.39 is 13.9 Å². The van der Waals surface area contributed by atoms with Crippen LogP contribution in [0.15, 0.2) is 0 Å². The van der Waals surface area contributed by atoms with E-state index in [9.17, 15) is 14.3 Å². The van der Waals surface area contributed by atoms with Gasteiger partial charge in [0.15, 0.2) is 0 Å². The molecule has 0 bridgehead atoms. The second kappa shape index (κ2) is 52.8. The van der Waals surface area contributed by atoms with Gasteiger partial charge in [-0.25, -0.2) is 4.57 Å². The highest BCUT2D eigenvalue weighted by atomic mass is 31.2. The molecule has 0 heterocycles. The second-order valence-corrected chi connectivity index (χ2v) is 23.6. The van der Waals surface area contributed by atoms with Crippen molar-refractivity contribution in [1.29, 1.82) is 0 Å². The van der Waals surface area contributed by atoms with E-state index >= 15 is 0 Å². The van der Waals surface area contributed by atoms with Crippen molar-refractivity contribution in [2.45, 2.75) is 322 Å². The smallest absolute Gasteiger partial charge is 0.457 e. The summed E-state index contributed by atoms with van der Waals surface area (Å²) < 4.78 is 35.3. The van der Waals surface area contributed by atoms with Crippen molar-refractivity contribution in [3.8, 4) is 0 Å². The minimum Gasteiger partial charge on any atom is -0.457 e. The van der Waals surface area contributed by atoms with Gasteiger partial charge in [-0.1, -0.05) is 296 Å². The van der Waals surface area contributed by atoms with Crippen LogP contribution in [0.1, 0.15) is 316 Å². The predicted octanol–water partition coefficient (Wildman–Crippen LogP) is 19.1. The Hall–Kier alpha value is -0.500. The number of hydrogen-bond acceptors (Lipinski definition) is 6. The number of unbranched alkanes of at least 4 members (excludes halogenated alkanes) is 44. The van der Waals surface area contributed by atoms with Crippen molar-refractivity contribution in [1.82, 2.24) is 0 Å². The number of carbonyl (C=O) groups is 1. The van der Waals surface area contributed by atoms with Crippen molar-refractivity contribution in [3.63, 3.8) is 0 Å². The molecular formula is C59H121NO7P+. The first kappa shape index (κ1) is 67.5. The summed E-state index contributed by atoms with van der Waals surface area (Å²) in [6.45, 7) is 5.73. The van der Waals surface area contributed by atoms with Gasteiger partial charge in [0.1, 0.15) is 19.3 Å². The molecule has 408 valence electrons. The molecule has 0 aliphatic rings. The summed E-state index contributed by atoms with van der Waals surface area (Å²) in [6, 6.07) is 0. The van der Waals surface area contributed by atoms with Gasteiger partial charge < -0.3 is 18.9 Å². The van der Waals surface area contributed by atoms with Crippen LogP contribution >= 0.6 is 7.82 Å². The average molecular weight is 988 g/mol. The molecular weight excluding hydrogens is 866 g/mol. The van der Waals surface area contributed by atoms with E-state index in [1.807, 2.05) is 21.1 Å². The van der Waals surface area contributed by atoms with Gasteiger partial charge in [-0.05, 0) is 12.8 Å². The maximum absolute atomic E-state index is 12.8. The minimum absolute atomic E-state index is 0.0945. The fourth-order valence-electron chi connectivity index (χ4n) is 9.26. The van der Waals surface area contributed by atoms with E-state index in [0.29, 0.717) is 24.1 Å². The summed E-state index contributed by atoms with van der Waals surface area (Å²) in [5.74, 6) is -0.302. The molecule has 0 aliphatic carbocycles. The summed E-state index contributed by atoms with van der Waals surface area (Å²) in [5, 5.41) is 0. The molecule has 8 nitrogen and oxygen atoms in total. The minimum atomic E-state index is -4.28. The van der Waals surface area contributed by atoms with Gasteiger partial charge in [0.25, 0.3) is 0 Å². The Labute approximate surface area is 425 Å². The number of esters is 1. The van der Waals surface area contributed by atoms with Crippen molar-refractivity contribution < 1.29 is 37.3 Å². The molecule has 2 atom stereocenters. The monoisotopic (exact) mass is 987 g/mol. The number of likely N-dealkylation sites (N-methyl/N-ethyl adjacent to an activating group) is 1. The number of ether oxygens (including phenoxy) is 2. The molecule has 0 aromatic rings. The number of nitrogens with zero attached hydrogens (tertiary/aromatic N) is 1. The summed E-state index contributed by atoms with van der Waals surface area (Å²) in [6.07, 6.45) is 61.8. The van der Waals surface area contributed by atoms with Crippen LogP contribution in [0.4, 0.5) is 0 Å². The molecule has 0 fully saturated rings. The van der Waals surface area contributed by atoms with Crippen LogP contribution in [0, 0.1) is 0 Å². The Bertz CT molecular complexity index is 1050. The van der Waals surface area contributed by atoms with E-state index in [-0.39, 0.29) is 25.8 Å². The summed E-state index contributed by atoms with van der Waals surface area (Å²) >= 11 is 0. The highest BCUT2D eigenvalue weighted by Gasteiger charge is 2.26. The van der Waals surface area contributed by atoms with Gasteiger partial charge >= 0.3 is 13.8 Å². The van der Waals surface area contributed by atoms with E-state index in [1.54, 1.807) is 0 Å². The number of hydrogen-bond donors (Lipinski definition) is 1. The van der Waals surface area contributed by atoms with E-state index in [0.717, 1.165) is 32.1 Å². The lowest BCUT2D eigenvalue weighted by molar-refractivity contribution is -0.870. The first-order chi connectivity index (χ1) is 33.1. The zero-order valence-corrected chi connectivity index (χ0v) is 47.5. The molecule has 0 amide bonds. The van der Waals surface area contributed by atoms with Crippen LogP contribution in [0.2, 0.25) is 0 Å². The Kier molecular flexibility index (Phi) is 52.4. The SMILES string of the molecule is CCCCCCCCCCCCCCCCCCCCCCCCCCC(=O)OC(COCCCCCCCCCCCCCCCCCCCCCCCC)COP(=O)(O)OCC[N+](C)(C)C. The fraction of sp³-hybridized carbons (Fsp3) is 0.983. The van der Waals surface area contributed by atoms with Gasteiger partial charge in [0.2, 0.25) is 0 Å². The third-order valence-electron chi connectivity index (χ3n) is 13.9. The van der Waals surface area contributed by atoms with Crippen molar-refractivity contribution >= 4 is 13.8 Å². The number of phosphoric acid groups is 1. The van der Waals surface area contributed by atoms with Crippen molar-refractivity contribution in [3.05, 3.63) is 0 Å². The number of carbonyl (C=O) groups excluding carboxylic acids is 1. The summed E-state index contributed by atoms with van der Waals surface area (Å²) in [5.41, 5.74) is 0. The van der Waals surface area contributed by atoms with Crippen molar-refractivity contribution in [2.75, 3.05) is 54.1 Å². The fourth-order valence-corrected chi connectivity index (χ4v) is 10.0. The lowest BCUT2D eigenvalue weighted by atomic mass is 10.0. The highest BCUT2D eigenvalue weighted by molar-refractivity contribution is 7.47. The van der Waals surface area contributed by atoms with Crippen LogP contribution in [-0.2, 0) is 27.9 Å². The quantitative estimate of drug-likeness (QED) is 0.0281. The maximum atomic E-state index is 12.8. The molecule has 1 N–H and O–H groups in total. The third-order valence-corrected chi connectivity index (χ3v) is 14.9. The van der Waals surface area contributed by atoms with E-state index in [4.69, 9.17) is 18.5 Å². The first-order valence-electron chi connectivity index (χ1n) is 30.3. The third kappa shape index (κ3) is 56.4. The lowest BCUT2D eigenvalue weighted by Gasteiger charge is -2.24. The Morgan fingerprint density at radius 2 is 0.676 bits per heavy atom. The normalized spacial score (nSPS) is 13.3. The van der Waals surface area contributed by atoms with Gasteiger partial charge in [0.05, 0.1) is 34.4 Å².